The lowest BCUT2D eigenvalue weighted by atomic mass is 9.92. The van der Waals surface area contributed by atoms with Gasteiger partial charge in [0, 0.05) is 13.0 Å². The summed E-state index contributed by atoms with van der Waals surface area (Å²) < 4.78 is 29.6. The minimum absolute atomic E-state index is 0.0959. The van der Waals surface area contributed by atoms with Gasteiger partial charge in [-0.2, -0.15) is 5.26 Å². The van der Waals surface area contributed by atoms with E-state index >= 15 is 0 Å². The fraction of sp³-hybridized carbons (Fsp3) is 0.500. The average Bonchev–Trinajstić information content (AvgIpc) is 2.61. The van der Waals surface area contributed by atoms with E-state index in [1.165, 1.54) is 17.0 Å². The molecule has 6 nitrogen and oxygen atoms in total. The van der Waals surface area contributed by atoms with Gasteiger partial charge in [0.25, 0.3) is 0 Å². The van der Waals surface area contributed by atoms with Crippen LogP contribution in [0.4, 0.5) is 8.78 Å². The summed E-state index contributed by atoms with van der Waals surface area (Å²) in [6.45, 7) is 1.70. The Labute approximate surface area is 162 Å². The Kier molecular flexibility index (Phi) is 5.73. The first-order valence-electron chi connectivity index (χ1n) is 9.23. The average molecular weight is 389 g/mol. The van der Waals surface area contributed by atoms with Crippen LogP contribution in [-0.4, -0.2) is 59.4 Å². The molecule has 0 bridgehead atoms. The van der Waals surface area contributed by atoms with Crippen LogP contribution in [0.2, 0.25) is 0 Å². The van der Waals surface area contributed by atoms with E-state index < -0.39 is 30.1 Å². The standard InChI is InChI=1S/C20H22F2N4O2/c1-12(20-17(22)5-13(8-23)9-25(20)2)24-18(27)11-26-10-15-6-16(21)4-3-14(15)7-19(26)28/h3-4,6,9,12-13,17,20H,5,7,10-11H2,1-2H3/p+1/t12-,13?,17?,20?/m0/s1. The lowest BCUT2D eigenvalue weighted by Crippen LogP contribution is -2.55. The molecular weight excluding hydrogens is 366 g/mol. The number of nitriles is 1. The van der Waals surface area contributed by atoms with Gasteiger partial charge in [0.2, 0.25) is 17.9 Å². The first kappa shape index (κ1) is 19.9. The highest BCUT2D eigenvalue weighted by atomic mass is 19.1. The largest absolute Gasteiger partial charge is 0.345 e. The van der Waals surface area contributed by atoms with Crippen LogP contribution in [0, 0.1) is 23.1 Å². The monoisotopic (exact) mass is 389 g/mol. The topological polar surface area (TPSA) is 76.2 Å². The van der Waals surface area contributed by atoms with E-state index in [0.29, 0.717) is 5.56 Å². The molecule has 0 spiro atoms. The number of carbonyl (C=O) groups excluding carboxylic acids is 2. The van der Waals surface area contributed by atoms with Crippen molar-refractivity contribution in [3.05, 3.63) is 35.1 Å². The molecule has 2 amide bonds. The van der Waals surface area contributed by atoms with Crippen LogP contribution >= 0.6 is 0 Å². The van der Waals surface area contributed by atoms with E-state index in [1.54, 1.807) is 30.8 Å². The number of hydrogen-bond acceptors (Lipinski definition) is 3. The number of nitrogens with one attached hydrogen (secondary N) is 1. The third kappa shape index (κ3) is 4.19. The second kappa shape index (κ2) is 8.05. The number of fused-ring (bicyclic) bond motifs is 1. The highest BCUT2D eigenvalue weighted by molar-refractivity contribution is 5.87. The number of nitrogens with zero attached hydrogens (tertiary/aromatic N) is 3. The highest BCUT2D eigenvalue weighted by Gasteiger charge is 2.41. The van der Waals surface area contributed by atoms with Gasteiger partial charge in [-0.15, -0.1) is 0 Å². The molecule has 4 atom stereocenters. The summed E-state index contributed by atoms with van der Waals surface area (Å²) >= 11 is 0. The molecule has 148 valence electrons. The predicted molar refractivity (Wildman–Crippen MR) is 97.8 cm³/mol. The van der Waals surface area contributed by atoms with Crippen molar-refractivity contribution < 1.29 is 22.9 Å². The number of alkyl halides is 1. The van der Waals surface area contributed by atoms with Crippen molar-refractivity contribution in [3.8, 4) is 6.07 Å². The molecule has 0 aromatic heterocycles. The van der Waals surface area contributed by atoms with Crippen LogP contribution in [0.5, 0.6) is 0 Å². The van der Waals surface area contributed by atoms with E-state index in [9.17, 15) is 18.4 Å². The summed E-state index contributed by atoms with van der Waals surface area (Å²) in [6, 6.07) is 5.24. The van der Waals surface area contributed by atoms with Crippen LogP contribution in [-0.2, 0) is 22.6 Å². The van der Waals surface area contributed by atoms with Crippen LogP contribution in [0.15, 0.2) is 18.2 Å². The molecule has 3 rings (SSSR count). The quantitative estimate of drug-likeness (QED) is 0.786. The summed E-state index contributed by atoms with van der Waals surface area (Å²) in [7, 11) is 1.68. The molecule has 2 aliphatic heterocycles. The molecule has 0 aliphatic carbocycles. The van der Waals surface area contributed by atoms with E-state index in [2.05, 4.69) is 5.32 Å². The minimum Gasteiger partial charge on any atom is -0.345 e. The second-order valence-corrected chi connectivity index (χ2v) is 7.49. The number of hydrogen-bond donors (Lipinski definition) is 1. The number of likely N-dealkylation sites (N-methyl/N-ethyl adjacent to an activating group) is 1. The van der Waals surface area contributed by atoms with Crippen LogP contribution in [0.3, 0.4) is 0 Å². The Hall–Kier alpha value is -2.82. The maximum atomic E-state index is 14.5. The second-order valence-electron chi connectivity index (χ2n) is 7.49. The molecule has 3 unspecified atom stereocenters. The fourth-order valence-corrected chi connectivity index (χ4v) is 4.02. The van der Waals surface area contributed by atoms with Gasteiger partial charge in [-0.3, -0.25) is 9.59 Å². The van der Waals surface area contributed by atoms with Crippen LogP contribution < -0.4 is 5.32 Å². The summed E-state index contributed by atoms with van der Waals surface area (Å²) in [5.74, 6) is -1.47. The van der Waals surface area contributed by atoms with E-state index in [-0.39, 0.29) is 37.7 Å². The van der Waals surface area contributed by atoms with E-state index in [0.717, 1.165) is 5.56 Å². The van der Waals surface area contributed by atoms with Gasteiger partial charge in [-0.25, -0.2) is 13.4 Å². The van der Waals surface area contributed by atoms with E-state index in [1.807, 2.05) is 6.07 Å². The SMILES string of the molecule is C[C@H](NC(=O)CN1Cc2cc(F)ccc2CC1=O)C1C(F)CC(C#N)C=[N+]1C. The van der Waals surface area contributed by atoms with Gasteiger partial charge < -0.3 is 10.2 Å². The van der Waals surface area contributed by atoms with Crippen molar-refractivity contribution in [2.24, 2.45) is 5.92 Å². The van der Waals surface area contributed by atoms with Crippen molar-refractivity contribution in [2.75, 3.05) is 13.6 Å². The minimum atomic E-state index is -1.25. The first-order valence-corrected chi connectivity index (χ1v) is 9.23. The number of rotatable bonds is 4. The predicted octanol–water partition coefficient (Wildman–Crippen LogP) is 1.18. The smallest absolute Gasteiger partial charge is 0.240 e. The number of carbonyl (C=O) groups is 2. The van der Waals surface area contributed by atoms with Gasteiger partial charge in [-0.1, -0.05) is 6.07 Å². The van der Waals surface area contributed by atoms with Crippen molar-refractivity contribution in [1.82, 2.24) is 10.2 Å². The molecule has 2 aliphatic rings. The zero-order chi connectivity index (χ0) is 20.4. The molecule has 0 saturated heterocycles. The molecule has 1 N–H and O–H groups in total. The Morgan fingerprint density at radius 3 is 2.89 bits per heavy atom. The van der Waals surface area contributed by atoms with Crippen molar-refractivity contribution in [3.63, 3.8) is 0 Å². The van der Waals surface area contributed by atoms with Crippen molar-refractivity contribution in [2.45, 2.75) is 44.6 Å². The lowest BCUT2D eigenvalue weighted by Gasteiger charge is -2.30. The first-order chi connectivity index (χ1) is 13.3. The summed E-state index contributed by atoms with van der Waals surface area (Å²) in [4.78, 5) is 26.1. The molecule has 1 aromatic carbocycles. The fourth-order valence-electron chi connectivity index (χ4n) is 4.02. The van der Waals surface area contributed by atoms with Crippen molar-refractivity contribution >= 4 is 18.0 Å². The van der Waals surface area contributed by atoms with Crippen LogP contribution in [0.1, 0.15) is 24.5 Å². The van der Waals surface area contributed by atoms with E-state index in [4.69, 9.17) is 5.26 Å². The molecule has 0 saturated carbocycles. The molecule has 2 heterocycles. The zero-order valence-corrected chi connectivity index (χ0v) is 15.9. The molecule has 0 fully saturated rings. The third-order valence-electron chi connectivity index (χ3n) is 5.36. The summed E-state index contributed by atoms with van der Waals surface area (Å²) in [5, 5.41) is 11.7. The Morgan fingerprint density at radius 2 is 2.21 bits per heavy atom. The normalized spacial score (nSPS) is 25.4. The van der Waals surface area contributed by atoms with Gasteiger partial charge in [0.1, 0.15) is 18.8 Å². The molecule has 8 heteroatoms. The van der Waals surface area contributed by atoms with Crippen molar-refractivity contribution in [1.29, 1.82) is 5.26 Å². The Balaban J connectivity index is 1.62. The van der Waals surface area contributed by atoms with Gasteiger partial charge in [-0.05, 0) is 30.2 Å². The zero-order valence-electron chi connectivity index (χ0n) is 15.9. The summed E-state index contributed by atoms with van der Waals surface area (Å²) in [5.41, 5.74) is 1.46. The molecular formula is C20H23F2N4O2+. The van der Waals surface area contributed by atoms with Gasteiger partial charge in [0.15, 0.2) is 12.4 Å². The number of benzene rings is 1. The van der Waals surface area contributed by atoms with Gasteiger partial charge >= 0.3 is 0 Å². The molecule has 28 heavy (non-hydrogen) atoms. The maximum absolute atomic E-state index is 14.5. The van der Waals surface area contributed by atoms with Gasteiger partial charge in [0.05, 0.1) is 25.1 Å². The Bertz CT molecular complexity index is 864. The maximum Gasteiger partial charge on any atom is 0.240 e. The van der Waals surface area contributed by atoms with Crippen LogP contribution in [0.25, 0.3) is 0 Å². The Morgan fingerprint density at radius 1 is 1.46 bits per heavy atom. The molecule has 0 radical (unpaired) electrons. The highest BCUT2D eigenvalue weighted by Crippen LogP contribution is 2.22. The third-order valence-corrected chi connectivity index (χ3v) is 5.36. The molecule has 1 aromatic rings. The lowest BCUT2D eigenvalue weighted by molar-refractivity contribution is -0.552. The number of halogens is 2. The number of amides is 2. The summed E-state index contributed by atoms with van der Waals surface area (Å²) in [6.07, 6.45) is 0.643.